The quantitative estimate of drug-likeness (QED) is 0.822. The van der Waals surface area contributed by atoms with Crippen molar-refractivity contribution in [3.63, 3.8) is 0 Å². The molecule has 0 bridgehead atoms. The fourth-order valence-electron chi connectivity index (χ4n) is 5.58. The SMILES string of the molecule is O=C1[C@H]2CCCN(C(=O)NCCc3ccccc3)[C@H]2C[C@H]2c3cc(F)ccc3CCN12. The molecule has 3 atom stereocenters. The van der Waals surface area contributed by atoms with Crippen molar-refractivity contribution in [1.82, 2.24) is 15.1 Å². The summed E-state index contributed by atoms with van der Waals surface area (Å²) in [6.07, 6.45) is 3.87. The van der Waals surface area contributed by atoms with E-state index < -0.39 is 0 Å². The molecule has 31 heavy (non-hydrogen) atoms. The molecule has 5 nitrogen and oxygen atoms in total. The number of carbonyl (C=O) groups is 2. The fourth-order valence-corrected chi connectivity index (χ4v) is 5.58. The molecule has 3 aliphatic heterocycles. The third kappa shape index (κ3) is 3.80. The molecule has 6 heteroatoms. The molecule has 0 unspecified atom stereocenters. The topological polar surface area (TPSA) is 52.7 Å². The Bertz CT molecular complexity index is 980. The predicted molar refractivity (Wildman–Crippen MR) is 116 cm³/mol. The Hall–Kier alpha value is -2.89. The molecule has 0 aliphatic carbocycles. The van der Waals surface area contributed by atoms with Gasteiger partial charge in [0.25, 0.3) is 0 Å². The van der Waals surface area contributed by atoms with Gasteiger partial charge in [-0.2, -0.15) is 0 Å². The summed E-state index contributed by atoms with van der Waals surface area (Å²) < 4.78 is 14.0. The van der Waals surface area contributed by atoms with E-state index in [0.29, 0.717) is 26.1 Å². The lowest BCUT2D eigenvalue weighted by molar-refractivity contribution is -0.148. The number of halogens is 1. The van der Waals surface area contributed by atoms with E-state index in [-0.39, 0.29) is 35.8 Å². The number of hydrogen-bond donors (Lipinski definition) is 1. The van der Waals surface area contributed by atoms with E-state index in [1.807, 2.05) is 34.1 Å². The molecule has 5 rings (SSSR count). The normalized spacial score (nSPS) is 24.8. The first-order chi connectivity index (χ1) is 15.1. The van der Waals surface area contributed by atoms with Crippen molar-refractivity contribution in [1.29, 1.82) is 0 Å². The summed E-state index contributed by atoms with van der Waals surface area (Å²) in [4.78, 5) is 30.2. The molecule has 3 aliphatic rings. The van der Waals surface area contributed by atoms with Crippen LogP contribution in [0.3, 0.4) is 0 Å². The van der Waals surface area contributed by atoms with Gasteiger partial charge in [0, 0.05) is 25.7 Å². The molecular formula is C25H28FN3O2. The Balaban J connectivity index is 1.32. The van der Waals surface area contributed by atoms with Crippen LogP contribution in [0.1, 0.15) is 42.0 Å². The summed E-state index contributed by atoms with van der Waals surface area (Å²) in [5, 5.41) is 3.05. The summed E-state index contributed by atoms with van der Waals surface area (Å²) in [6.45, 7) is 1.90. The highest BCUT2D eigenvalue weighted by molar-refractivity contribution is 5.83. The van der Waals surface area contributed by atoms with E-state index >= 15 is 0 Å². The van der Waals surface area contributed by atoms with Gasteiger partial charge in [-0.05, 0) is 60.9 Å². The summed E-state index contributed by atoms with van der Waals surface area (Å²) in [5.41, 5.74) is 3.21. The van der Waals surface area contributed by atoms with Crippen molar-refractivity contribution in [2.75, 3.05) is 19.6 Å². The summed E-state index contributed by atoms with van der Waals surface area (Å²) >= 11 is 0. The zero-order valence-electron chi connectivity index (χ0n) is 17.6. The van der Waals surface area contributed by atoms with Gasteiger partial charge in [0.15, 0.2) is 0 Å². The van der Waals surface area contributed by atoms with Crippen molar-refractivity contribution in [2.24, 2.45) is 5.92 Å². The molecule has 0 spiro atoms. The molecular weight excluding hydrogens is 393 g/mol. The van der Waals surface area contributed by atoms with Gasteiger partial charge in [0.2, 0.25) is 5.91 Å². The van der Waals surface area contributed by atoms with E-state index in [1.54, 1.807) is 6.07 Å². The second-order valence-electron chi connectivity index (χ2n) is 8.85. The maximum Gasteiger partial charge on any atom is 0.317 e. The molecule has 1 N–H and O–H groups in total. The Morgan fingerprint density at radius 1 is 1.13 bits per heavy atom. The largest absolute Gasteiger partial charge is 0.338 e. The predicted octanol–water partition coefficient (Wildman–Crippen LogP) is 3.69. The summed E-state index contributed by atoms with van der Waals surface area (Å²) in [6, 6.07) is 14.6. The van der Waals surface area contributed by atoms with Gasteiger partial charge in [0.05, 0.1) is 12.0 Å². The number of amides is 3. The fraction of sp³-hybridized carbons (Fsp3) is 0.440. The van der Waals surface area contributed by atoms with Crippen LogP contribution in [0, 0.1) is 11.7 Å². The standard InChI is InChI=1S/C25H28FN3O2/c26-19-9-8-18-11-14-28-23(21(18)15-19)16-22-20(24(28)30)7-4-13-29(22)25(31)27-12-10-17-5-2-1-3-6-17/h1-3,5-6,8-9,15,20,22-23H,4,7,10-14,16H2,(H,27,31)/t20-,22-,23-/m0/s1. The third-order valence-corrected chi connectivity index (χ3v) is 7.10. The number of likely N-dealkylation sites (tertiary alicyclic amines) is 1. The van der Waals surface area contributed by atoms with Crippen LogP contribution in [0.25, 0.3) is 0 Å². The van der Waals surface area contributed by atoms with E-state index in [0.717, 1.165) is 36.8 Å². The lowest BCUT2D eigenvalue weighted by Gasteiger charge is -2.51. The maximum absolute atomic E-state index is 14.0. The Morgan fingerprint density at radius 3 is 2.81 bits per heavy atom. The Labute approximate surface area is 182 Å². The zero-order valence-corrected chi connectivity index (χ0v) is 17.6. The number of urea groups is 1. The third-order valence-electron chi connectivity index (χ3n) is 7.10. The molecule has 2 saturated heterocycles. The minimum Gasteiger partial charge on any atom is -0.338 e. The minimum atomic E-state index is -0.269. The van der Waals surface area contributed by atoms with E-state index in [4.69, 9.17) is 0 Å². The molecule has 3 heterocycles. The van der Waals surface area contributed by atoms with Crippen LogP contribution in [0.4, 0.5) is 9.18 Å². The molecule has 2 aromatic carbocycles. The van der Waals surface area contributed by atoms with Gasteiger partial charge in [0.1, 0.15) is 5.82 Å². The number of rotatable bonds is 3. The van der Waals surface area contributed by atoms with Gasteiger partial charge in [-0.3, -0.25) is 4.79 Å². The highest BCUT2D eigenvalue weighted by atomic mass is 19.1. The lowest BCUT2D eigenvalue weighted by atomic mass is 9.76. The Morgan fingerprint density at radius 2 is 1.97 bits per heavy atom. The Kier molecular flexibility index (Phi) is 5.38. The highest BCUT2D eigenvalue weighted by Gasteiger charge is 2.48. The first-order valence-corrected chi connectivity index (χ1v) is 11.3. The second-order valence-corrected chi connectivity index (χ2v) is 8.85. The van der Waals surface area contributed by atoms with Gasteiger partial charge >= 0.3 is 6.03 Å². The van der Waals surface area contributed by atoms with E-state index in [1.165, 1.54) is 11.6 Å². The van der Waals surface area contributed by atoms with E-state index in [9.17, 15) is 14.0 Å². The monoisotopic (exact) mass is 421 g/mol. The average Bonchev–Trinajstić information content (AvgIpc) is 2.79. The molecule has 0 radical (unpaired) electrons. The molecule has 162 valence electrons. The molecule has 0 saturated carbocycles. The summed E-state index contributed by atoms with van der Waals surface area (Å²) in [5.74, 6) is -0.299. The first-order valence-electron chi connectivity index (χ1n) is 11.3. The van der Waals surface area contributed by atoms with Gasteiger partial charge in [-0.15, -0.1) is 0 Å². The first kappa shape index (κ1) is 20.0. The number of nitrogens with one attached hydrogen (secondary N) is 1. The number of fused-ring (bicyclic) bond motifs is 4. The van der Waals surface area contributed by atoms with Crippen LogP contribution in [-0.2, 0) is 17.6 Å². The number of carbonyl (C=O) groups excluding carboxylic acids is 2. The number of benzene rings is 2. The van der Waals surface area contributed by atoms with Crippen LogP contribution < -0.4 is 5.32 Å². The smallest absolute Gasteiger partial charge is 0.317 e. The van der Waals surface area contributed by atoms with Crippen molar-refractivity contribution in [2.45, 2.75) is 44.2 Å². The summed E-state index contributed by atoms with van der Waals surface area (Å²) in [7, 11) is 0. The molecule has 2 aromatic rings. The average molecular weight is 422 g/mol. The van der Waals surface area contributed by atoms with Gasteiger partial charge in [-0.1, -0.05) is 36.4 Å². The highest BCUT2D eigenvalue weighted by Crippen LogP contribution is 2.43. The van der Waals surface area contributed by atoms with Crippen LogP contribution in [-0.4, -0.2) is 47.4 Å². The van der Waals surface area contributed by atoms with Crippen molar-refractivity contribution < 1.29 is 14.0 Å². The minimum absolute atomic E-state index is 0.0952. The van der Waals surface area contributed by atoms with Crippen LogP contribution in [0.15, 0.2) is 48.5 Å². The molecule has 2 fully saturated rings. The van der Waals surface area contributed by atoms with Gasteiger partial charge in [-0.25, -0.2) is 9.18 Å². The van der Waals surface area contributed by atoms with Crippen molar-refractivity contribution >= 4 is 11.9 Å². The van der Waals surface area contributed by atoms with Crippen molar-refractivity contribution in [3.05, 3.63) is 71.0 Å². The van der Waals surface area contributed by atoms with Crippen LogP contribution >= 0.6 is 0 Å². The second kappa shape index (κ2) is 8.33. The number of nitrogens with zero attached hydrogens (tertiary/aromatic N) is 2. The van der Waals surface area contributed by atoms with Crippen molar-refractivity contribution in [3.8, 4) is 0 Å². The lowest BCUT2D eigenvalue weighted by Crippen LogP contribution is -2.61. The number of hydrogen-bond acceptors (Lipinski definition) is 2. The molecule has 0 aromatic heterocycles. The van der Waals surface area contributed by atoms with Crippen LogP contribution in [0.2, 0.25) is 0 Å². The van der Waals surface area contributed by atoms with Crippen LogP contribution in [0.5, 0.6) is 0 Å². The van der Waals surface area contributed by atoms with E-state index in [2.05, 4.69) is 17.4 Å². The molecule has 3 amide bonds. The van der Waals surface area contributed by atoms with Gasteiger partial charge < -0.3 is 15.1 Å². The number of piperidine rings is 2. The maximum atomic E-state index is 14.0. The zero-order chi connectivity index (χ0) is 21.4.